The molecule has 3 amide bonds. The number of likely N-dealkylation sites (N-methyl/N-ethyl adjacent to an activating group) is 1. The highest BCUT2D eigenvalue weighted by Gasteiger charge is 2.47. The predicted molar refractivity (Wildman–Crippen MR) is 54.4 cm³/mol. The number of hydrogen-bond acceptors (Lipinski definition) is 3. The SMILES string of the molecule is CCN1C(=O)[C@@H]2Cc3nc[nH]c3CN2C1=O. The highest BCUT2D eigenvalue weighted by atomic mass is 16.2. The number of imide groups is 1. The second kappa shape index (κ2) is 3.07. The first-order chi connectivity index (χ1) is 7.72. The zero-order chi connectivity index (χ0) is 11.3. The van der Waals surface area contributed by atoms with Gasteiger partial charge in [0.05, 0.1) is 24.3 Å². The number of rotatable bonds is 1. The molecule has 1 saturated heterocycles. The minimum absolute atomic E-state index is 0.0962. The standard InChI is InChI=1S/C10H12N4O2/c1-2-13-9(15)8-3-6-7(12-5-11-6)4-14(8)10(13)16/h5,8H,2-4H2,1H3,(H,11,12)/t8-/m0/s1. The van der Waals surface area contributed by atoms with Crippen molar-refractivity contribution in [2.24, 2.45) is 0 Å². The summed E-state index contributed by atoms with van der Waals surface area (Å²) in [5.74, 6) is -0.0962. The molecule has 3 heterocycles. The molecule has 0 spiro atoms. The molecule has 3 rings (SSSR count). The molecule has 2 aliphatic heterocycles. The fourth-order valence-electron chi connectivity index (χ4n) is 2.38. The number of aromatic nitrogens is 2. The number of carbonyl (C=O) groups is 2. The number of urea groups is 1. The third-order valence-corrected chi connectivity index (χ3v) is 3.24. The first kappa shape index (κ1) is 9.38. The van der Waals surface area contributed by atoms with E-state index in [1.165, 1.54) is 4.90 Å². The number of amides is 3. The number of fused-ring (bicyclic) bond motifs is 2. The van der Waals surface area contributed by atoms with Gasteiger partial charge in [-0.1, -0.05) is 0 Å². The van der Waals surface area contributed by atoms with Crippen LogP contribution in [-0.4, -0.2) is 44.3 Å². The summed E-state index contributed by atoms with van der Waals surface area (Å²) in [4.78, 5) is 33.9. The molecule has 2 aliphatic rings. The molecule has 0 bridgehead atoms. The molecule has 1 N–H and O–H groups in total. The van der Waals surface area contributed by atoms with Gasteiger partial charge in [0.2, 0.25) is 0 Å². The average Bonchev–Trinajstić information content (AvgIpc) is 2.82. The van der Waals surface area contributed by atoms with E-state index in [0.29, 0.717) is 19.5 Å². The van der Waals surface area contributed by atoms with Crippen LogP contribution in [0.5, 0.6) is 0 Å². The quantitative estimate of drug-likeness (QED) is 0.683. The molecular formula is C10H12N4O2. The smallest absolute Gasteiger partial charge is 0.327 e. The monoisotopic (exact) mass is 220 g/mol. The van der Waals surface area contributed by atoms with E-state index < -0.39 is 0 Å². The van der Waals surface area contributed by atoms with Crippen molar-refractivity contribution in [3.05, 3.63) is 17.7 Å². The number of aromatic amines is 1. The van der Waals surface area contributed by atoms with Crippen molar-refractivity contribution < 1.29 is 9.59 Å². The summed E-state index contributed by atoms with van der Waals surface area (Å²) in [6.07, 6.45) is 2.14. The van der Waals surface area contributed by atoms with E-state index in [-0.39, 0.29) is 18.0 Å². The molecule has 0 unspecified atom stereocenters. The summed E-state index contributed by atoms with van der Waals surface area (Å²) in [7, 11) is 0. The summed E-state index contributed by atoms with van der Waals surface area (Å²) in [5, 5.41) is 0. The largest absolute Gasteiger partial charge is 0.347 e. The number of hydrogen-bond donors (Lipinski definition) is 1. The topological polar surface area (TPSA) is 69.3 Å². The van der Waals surface area contributed by atoms with E-state index in [9.17, 15) is 9.59 Å². The fraction of sp³-hybridized carbons (Fsp3) is 0.500. The summed E-state index contributed by atoms with van der Waals surface area (Å²) in [6.45, 7) is 2.71. The van der Waals surface area contributed by atoms with Crippen LogP contribution in [0.25, 0.3) is 0 Å². The van der Waals surface area contributed by atoms with Crippen molar-refractivity contribution in [2.75, 3.05) is 6.54 Å². The Morgan fingerprint density at radius 3 is 3.12 bits per heavy atom. The van der Waals surface area contributed by atoms with Crippen LogP contribution >= 0.6 is 0 Å². The van der Waals surface area contributed by atoms with E-state index in [2.05, 4.69) is 9.97 Å². The lowest BCUT2D eigenvalue weighted by atomic mass is 10.0. The first-order valence-electron chi connectivity index (χ1n) is 5.35. The van der Waals surface area contributed by atoms with Gasteiger partial charge in [-0.05, 0) is 6.92 Å². The molecule has 84 valence electrons. The maximum atomic E-state index is 11.9. The zero-order valence-electron chi connectivity index (χ0n) is 8.93. The van der Waals surface area contributed by atoms with Crippen LogP contribution in [0.4, 0.5) is 4.79 Å². The molecule has 0 saturated carbocycles. The van der Waals surface area contributed by atoms with E-state index >= 15 is 0 Å². The van der Waals surface area contributed by atoms with Crippen molar-refractivity contribution in [1.29, 1.82) is 0 Å². The molecule has 1 aromatic rings. The van der Waals surface area contributed by atoms with Crippen molar-refractivity contribution >= 4 is 11.9 Å². The van der Waals surface area contributed by atoms with E-state index in [1.54, 1.807) is 11.2 Å². The minimum Gasteiger partial charge on any atom is -0.347 e. The van der Waals surface area contributed by atoms with Gasteiger partial charge in [-0.25, -0.2) is 9.78 Å². The van der Waals surface area contributed by atoms with E-state index in [4.69, 9.17) is 0 Å². The number of nitrogens with one attached hydrogen (secondary N) is 1. The Hall–Kier alpha value is -1.85. The lowest BCUT2D eigenvalue weighted by molar-refractivity contribution is -0.128. The lowest BCUT2D eigenvalue weighted by Gasteiger charge is -2.25. The Bertz CT molecular complexity index is 429. The molecule has 16 heavy (non-hydrogen) atoms. The molecule has 0 radical (unpaired) electrons. The molecule has 0 aromatic carbocycles. The van der Waals surface area contributed by atoms with Crippen LogP contribution < -0.4 is 0 Å². The summed E-state index contributed by atoms with van der Waals surface area (Å²) < 4.78 is 0. The summed E-state index contributed by atoms with van der Waals surface area (Å²) in [5.41, 5.74) is 1.84. The maximum absolute atomic E-state index is 11.9. The number of nitrogens with zero attached hydrogens (tertiary/aromatic N) is 3. The predicted octanol–water partition coefficient (Wildman–Crippen LogP) is 0.118. The highest BCUT2D eigenvalue weighted by Crippen LogP contribution is 2.27. The third kappa shape index (κ3) is 1.04. The van der Waals surface area contributed by atoms with Crippen LogP contribution in [0.1, 0.15) is 18.3 Å². The van der Waals surface area contributed by atoms with Crippen LogP contribution in [0.2, 0.25) is 0 Å². The first-order valence-corrected chi connectivity index (χ1v) is 5.35. The Morgan fingerprint density at radius 2 is 2.38 bits per heavy atom. The summed E-state index contributed by atoms with van der Waals surface area (Å²) in [6, 6.07) is -0.527. The van der Waals surface area contributed by atoms with Gasteiger partial charge in [0, 0.05) is 13.0 Å². The van der Waals surface area contributed by atoms with Gasteiger partial charge in [0.1, 0.15) is 6.04 Å². The average molecular weight is 220 g/mol. The van der Waals surface area contributed by atoms with Crippen LogP contribution in [0, 0.1) is 0 Å². The van der Waals surface area contributed by atoms with Gasteiger partial charge in [-0.2, -0.15) is 0 Å². The number of imidazole rings is 1. The normalized spacial score (nSPS) is 23.7. The molecule has 6 nitrogen and oxygen atoms in total. The fourth-order valence-corrected chi connectivity index (χ4v) is 2.38. The molecule has 1 fully saturated rings. The van der Waals surface area contributed by atoms with Gasteiger partial charge in [-0.3, -0.25) is 9.69 Å². The molecule has 0 aliphatic carbocycles. The number of H-pyrrole nitrogens is 1. The summed E-state index contributed by atoms with van der Waals surface area (Å²) >= 11 is 0. The Kier molecular flexibility index (Phi) is 1.80. The Morgan fingerprint density at radius 1 is 1.56 bits per heavy atom. The van der Waals surface area contributed by atoms with Crippen LogP contribution in [0.3, 0.4) is 0 Å². The molecule has 1 atom stereocenters. The van der Waals surface area contributed by atoms with Crippen molar-refractivity contribution in [1.82, 2.24) is 19.8 Å². The maximum Gasteiger partial charge on any atom is 0.327 e. The zero-order valence-corrected chi connectivity index (χ0v) is 8.93. The van der Waals surface area contributed by atoms with Gasteiger partial charge in [0.15, 0.2) is 0 Å². The van der Waals surface area contributed by atoms with Gasteiger partial charge in [-0.15, -0.1) is 0 Å². The van der Waals surface area contributed by atoms with Crippen molar-refractivity contribution in [3.63, 3.8) is 0 Å². The molecule has 1 aromatic heterocycles. The Balaban J connectivity index is 1.98. The number of carbonyl (C=O) groups excluding carboxylic acids is 2. The lowest BCUT2D eigenvalue weighted by Crippen LogP contribution is -2.40. The molecular weight excluding hydrogens is 208 g/mol. The second-order valence-electron chi connectivity index (χ2n) is 4.04. The van der Waals surface area contributed by atoms with Crippen molar-refractivity contribution in [2.45, 2.75) is 25.9 Å². The second-order valence-corrected chi connectivity index (χ2v) is 4.04. The van der Waals surface area contributed by atoms with E-state index in [1.807, 2.05) is 6.92 Å². The van der Waals surface area contributed by atoms with Gasteiger partial charge >= 0.3 is 6.03 Å². The van der Waals surface area contributed by atoms with Crippen molar-refractivity contribution in [3.8, 4) is 0 Å². The van der Waals surface area contributed by atoms with Gasteiger partial charge in [0.25, 0.3) is 5.91 Å². The Labute approximate surface area is 92.2 Å². The highest BCUT2D eigenvalue weighted by molar-refractivity contribution is 6.04. The van der Waals surface area contributed by atoms with Crippen LogP contribution in [0.15, 0.2) is 6.33 Å². The molecule has 6 heteroatoms. The minimum atomic E-state index is -0.344. The van der Waals surface area contributed by atoms with Crippen LogP contribution in [-0.2, 0) is 17.8 Å². The van der Waals surface area contributed by atoms with E-state index in [0.717, 1.165) is 11.4 Å². The van der Waals surface area contributed by atoms with Gasteiger partial charge < -0.3 is 9.88 Å². The third-order valence-electron chi connectivity index (χ3n) is 3.24.